The molecule has 132 valence electrons. The molecule has 0 unspecified atom stereocenters. The van der Waals surface area contributed by atoms with Gasteiger partial charge in [0.25, 0.3) is 0 Å². The third-order valence-electron chi connectivity index (χ3n) is 4.21. The Labute approximate surface area is 137 Å². The number of rotatable bonds is 17. The number of hydrogen-bond acceptors (Lipinski definition) is 2. The molecule has 0 N–H and O–H groups in total. The van der Waals surface area contributed by atoms with Gasteiger partial charge in [-0.1, -0.05) is 103 Å². The fourth-order valence-electron chi connectivity index (χ4n) is 2.80. The van der Waals surface area contributed by atoms with Gasteiger partial charge in [-0.2, -0.15) is 0 Å². The van der Waals surface area contributed by atoms with Crippen molar-refractivity contribution in [3.05, 3.63) is 0 Å². The minimum Gasteiger partial charge on any atom is -0.440 e. The maximum atomic E-state index is 11.7. The van der Waals surface area contributed by atoms with Gasteiger partial charge in [-0.05, 0) is 6.42 Å². The summed E-state index contributed by atoms with van der Waals surface area (Å²) in [6.45, 7) is 2.50. The minimum atomic E-state index is -1.65. The number of halogens is 1. The van der Waals surface area contributed by atoms with Crippen LogP contribution in [0.1, 0.15) is 110 Å². The van der Waals surface area contributed by atoms with Crippen molar-refractivity contribution in [2.45, 2.75) is 110 Å². The zero-order chi connectivity index (χ0) is 16.3. The van der Waals surface area contributed by atoms with Crippen molar-refractivity contribution >= 4 is 6.22 Å². The third kappa shape index (κ3) is 19.4. The molecule has 0 bridgehead atoms. The van der Waals surface area contributed by atoms with E-state index in [1.54, 1.807) is 0 Å². The highest BCUT2D eigenvalue weighted by Crippen LogP contribution is 2.13. The van der Waals surface area contributed by atoms with Crippen molar-refractivity contribution in [3.8, 4) is 0 Å². The highest BCUT2D eigenvalue weighted by atomic mass is 19.1. The standard InChI is InChI=1S/C19H37FO2/c1-2-3-4-5-6-7-8-9-10-11-12-13-14-15-16-17-18-22-19(20)21/h2-18H2,1H3. The first-order valence-electron chi connectivity index (χ1n) is 9.59. The molecule has 0 radical (unpaired) electrons. The van der Waals surface area contributed by atoms with Crippen LogP contribution in [0.2, 0.25) is 0 Å². The Morgan fingerprint density at radius 1 is 0.636 bits per heavy atom. The normalized spacial score (nSPS) is 10.8. The van der Waals surface area contributed by atoms with Crippen LogP contribution >= 0.6 is 0 Å². The Balaban J connectivity index is 2.95. The minimum absolute atomic E-state index is 0.230. The van der Waals surface area contributed by atoms with E-state index in [1.165, 1.54) is 89.9 Å². The zero-order valence-electron chi connectivity index (χ0n) is 14.7. The van der Waals surface area contributed by atoms with E-state index in [0.29, 0.717) is 0 Å². The van der Waals surface area contributed by atoms with Gasteiger partial charge in [-0.15, -0.1) is 4.39 Å². The lowest BCUT2D eigenvalue weighted by Crippen LogP contribution is -1.97. The van der Waals surface area contributed by atoms with Crippen LogP contribution in [-0.2, 0) is 4.74 Å². The average Bonchev–Trinajstić information content (AvgIpc) is 2.50. The maximum absolute atomic E-state index is 11.7. The third-order valence-corrected chi connectivity index (χ3v) is 4.21. The molecule has 0 aliphatic rings. The lowest BCUT2D eigenvalue weighted by Gasteiger charge is -2.03. The summed E-state index contributed by atoms with van der Waals surface area (Å²) in [7, 11) is 0. The van der Waals surface area contributed by atoms with Crippen LogP contribution in [0.4, 0.5) is 9.18 Å². The summed E-state index contributed by atoms with van der Waals surface area (Å²) >= 11 is 0. The van der Waals surface area contributed by atoms with Gasteiger partial charge in [0, 0.05) is 0 Å². The molecule has 0 aromatic rings. The van der Waals surface area contributed by atoms with Gasteiger partial charge in [0.15, 0.2) is 0 Å². The van der Waals surface area contributed by atoms with Gasteiger partial charge in [-0.25, -0.2) is 4.79 Å². The summed E-state index contributed by atoms with van der Waals surface area (Å²) in [4.78, 5) is 9.92. The topological polar surface area (TPSA) is 26.3 Å². The SMILES string of the molecule is CCCCCCCCCCCCCCCCCCOC(=O)F. The average molecular weight is 317 g/mol. The molecule has 0 fully saturated rings. The molecule has 0 aromatic heterocycles. The molecule has 0 heterocycles. The predicted octanol–water partition coefficient (Wildman–Crippen LogP) is 7.35. The van der Waals surface area contributed by atoms with Gasteiger partial charge < -0.3 is 4.74 Å². The van der Waals surface area contributed by atoms with Crippen LogP contribution in [0.3, 0.4) is 0 Å². The van der Waals surface area contributed by atoms with Crippen LogP contribution in [0.15, 0.2) is 0 Å². The van der Waals surface area contributed by atoms with Crippen molar-refractivity contribution in [3.63, 3.8) is 0 Å². The molecule has 0 rings (SSSR count). The fraction of sp³-hybridized carbons (Fsp3) is 0.947. The van der Waals surface area contributed by atoms with Crippen LogP contribution < -0.4 is 0 Å². The number of ether oxygens (including phenoxy) is 1. The predicted molar refractivity (Wildman–Crippen MR) is 92.0 cm³/mol. The molecule has 0 saturated heterocycles. The van der Waals surface area contributed by atoms with E-state index in [0.717, 1.165) is 12.8 Å². The Morgan fingerprint density at radius 2 is 0.955 bits per heavy atom. The summed E-state index contributed by atoms with van der Waals surface area (Å²) < 4.78 is 16.0. The molecule has 0 saturated carbocycles. The molecule has 22 heavy (non-hydrogen) atoms. The monoisotopic (exact) mass is 316 g/mol. The van der Waals surface area contributed by atoms with Gasteiger partial charge in [0.05, 0.1) is 6.61 Å². The van der Waals surface area contributed by atoms with Crippen LogP contribution in [0.5, 0.6) is 0 Å². The van der Waals surface area contributed by atoms with Crippen LogP contribution in [0.25, 0.3) is 0 Å². The second-order valence-electron chi connectivity index (χ2n) is 6.39. The Hall–Kier alpha value is -0.600. The second-order valence-corrected chi connectivity index (χ2v) is 6.39. The Kier molecular flexibility index (Phi) is 17.9. The Morgan fingerprint density at radius 3 is 1.27 bits per heavy atom. The second kappa shape index (κ2) is 18.4. The van der Waals surface area contributed by atoms with E-state index in [9.17, 15) is 9.18 Å². The molecule has 0 aromatic carbocycles. The highest BCUT2D eigenvalue weighted by molar-refractivity contribution is 5.57. The molecule has 3 heteroatoms. The van der Waals surface area contributed by atoms with Crippen molar-refractivity contribution < 1.29 is 13.9 Å². The number of hydrogen-bond donors (Lipinski definition) is 0. The van der Waals surface area contributed by atoms with E-state index in [1.807, 2.05) is 0 Å². The van der Waals surface area contributed by atoms with Crippen molar-refractivity contribution in [1.29, 1.82) is 0 Å². The summed E-state index contributed by atoms with van der Waals surface area (Å²) in [5.74, 6) is 0. The number of carbonyl (C=O) groups excluding carboxylic acids is 1. The van der Waals surface area contributed by atoms with E-state index < -0.39 is 6.22 Å². The summed E-state index contributed by atoms with van der Waals surface area (Å²) in [6.07, 6.45) is 19.3. The zero-order valence-corrected chi connectivity index (χ0v) is 14.7. The van der Waals surface area contributed by atoms with Crippen molar-refractivity contribution in [2.24, 2.45) is 0 Å². The van der Waals surface area contributed by atoms with Gasteiger partial charge in [-0.3, -0.25) is 0 Å². The molecule has 0 atom stereocenters. The smallest absolute Gasteiger partial charge is 0.440 e. The molecular formula is C19H37FO2. The molecular weight excluding hydrogens is 279 g/mol. The summed E-state index contributed by atoms with van der Waals surface area (Å²) in [5, 5.41) is 0. The first-order chi connectivity index (χ1) is 10.8. The first kappa shape index (κ1) is 21.4. The Bertz CT molecular complexity index is 231. The fourth-order valence-corrected chi connectivity index (χ4v) is 2.80. The summed E-state index contributed by atoms with van der Waals surface area (Å²) in [6, 6.07) is 0. The molecule has 2 nitrogen and oxygen atoms in total. The van der Waals surface area contributed by atoms with Gasteiger partial charge in [0.1, 0.15) is 0 Å². The van der Waals surface area contributed by atoms with E-state index >= 15 is 0 Å². The first-order valence-corrected chi connectivity index (χ1v) is 9.59. The number of carbonyl (C=O) groups is 1. The largest absolute Gasteiger partial charge is 0.495 e. The molecule has 0 aliphatic heterocycles. The van der Waals surface area contributed by atoms with E-state index in [4.69, 9.17) is 0 Å². The van der Waals surface area contributed by atoms with Crippen molar-refractivity contribution in [1.82, 2.24) is 0 Å². The lowest BCUT2D eigenvalue weighted by atomic mass is 10.0. The van der Waals surface area contributed by atoms with Gasteiger partial charge >= 0.3 is 6.22 Å². The molecule has 0 amide bonds. The van der Waals surface area contributed by atoms with E-state index in [-0.39, 0.29) is 6.61 Å². The molecule has 0 aliphatic carbocycles. The van der Waals surface area contributed by atoms with Crippen LogP contribution in [-0.4, -0.2) is 12.8 Å². The lowest BCUT2D eigenvalue weighted by molar-refractivity contribution is 0.119. The van der Waals surface area contributed by atoms with Crippen molar-refractivity contribution in [2.75, 3.05) is 6.61 Å². The van der Waals surface area contributed by atoms with Gasteiger partial charge in [0.2, 0.25) is 0 Å². The van der Waals surface area contributed by atoms with E-state index in [2.05, 4.69) is 11.7 Å². The summed E-state index contributed by atoms with van der Waals surface area (Å²) in [5.41, 5.74) is 0. The molecule has 0 spiro atoms. The number of unbranched alkanes of at least 4 members (excludes halogenated alkanes) is 15. The quantitative estimate of drug-likeness (QED) is 0.207. The highest BCUT2D eigenvalue weighted by Gasteiger charge is 1.97. The van der Waals surface area contributed by atoms with Crippen LogP contribution in [0, 0.1) is 0 Å². The maximum Gasteiger partial charge on any atom is 0.495 e.